The third-order valence-corrected chi connectivity index (χ3v) is 3.26. The van der Waals surface area contributed by atoms with Crippen LogP contribution in [0.5, 0.6) is 5.75 Å². The first-order valence-corrected chi connectivity index (χ1v) is 6.13. The van der Waals surface area contributed by atoms with Crippen molar-refractivity contribution in [3.8, 4) is 16.9 Å². The Hall–Kier alpha value is -2.35. The zero-order valence-electron chi connectivity index (χ0n) is 10.5. The molecule has 1 N–H and O–H groups in total. The van der Waals surface area contributed by atoms with Gasteiger partial charge in [0.25, 0.3) is 0 Å². The van der Waals surface area contributed by atoms with Crippen molar-refractivity contribution in [2.45, 2.75) is 6.92 Å². The molecule has 0 saturated carbocycles. The number of hydrogen-bond donors (Lipinski definition) is 1. The minimum Gasteiger partial charge on any atom is -0.508 e. The van der Waals surface area contributed by atoms with Crippen molar-refractivity contribution in [3.63, 3.8) is 0 Å². The fourth-order valence-electron chi connectivity index (χ4n) is 2.36. The number of halogens is 1. The van der Waals surface area contributed by atoms with Gasteiger partial charge in [0.05, 0.1) is 0 Å². The molecule has 0 aliphatic heterocycles. The summed E-state index contributed by atoms with van der Waals surface area (Å²) >= 11 is 0. The van der Waals surface area contributed by atoms with Crippen molar-refractivity contribution >= 4 is 10.8 Å². The number of phenols is 1. The lowest BCUT2D eigenvalue weighted by molar-refractivity contribution is 0.476. The van der Waals surface area contributed by atoms with E-state index < -0.39 is 0 Å². The summed E-state index contributed by atoms with van der Waals surface area (Å²) in [6.45, 7) is 1.85. The minimum absolute atomic E-state index is 0.147. The van der Waals surface area contributed by atoms with Crippen LogP contribution in [0.25, 0.3) is 21.9 Å². The standard InChI is InChI=1S/C17H13FO/c1-11-6-7-15(17(18)8-11)16-10-13(19)9-12-4-2-3-5-14(12)16/h2-10,19H,1H3. The first-order chi connectivity index (χ1) is 9.15. The number of aromatic hydroxyl groups is 1. The maximum Gasteiger partial charge on any atom is 0.131 e. The number of rotatable bonds is 1. The second kappa shape index (κ2) is 4.39. The quantitative estimate of drug-likeness (QED) is 0.667. The van der Waals surface area contributed by atoms with Crippen molar-refractivity contribution in [1.82, 2.24) is 0 Å². The molecule has 0 unspecified atom stereocenters. The van der Waals surface area contributed by atoms with Gasteiger partial charge in [0.2, 0.25) is 0 Å². The van der Waals surface area contributed by atoms with Gasteiger partial charge in [-0.05, 0) is 47.0 Å². The van der Waals surface area contributed by atoms with Crippen molar-refractivity contribution in [3.05, 3.63) is 66.0 Å². The number of aryl methyl sites for hydroxylation is 1. The first kappa shape index (κ1) is 11.7. The van der Waals surface area contributed by atoms with Crippen LogP contribution in [0, 0.1) is 12.7 Å². The van der Waals surface area contributed by atoms with E-state index in [1.54, 1.807) is 18.2 Å². The Bertz CT molecular complexity index is 762. The van der Waals surface area contributed by atoms with Crippen LogP contribution in [0.2, 0.25) is 0 Å². The lowest BCUT2D eigenvalue weighted by Gasteiger charge is -2.09. The summed E-state index contributed by atoms with van der Waals surface area (Å²) in [5.74, 6) is -0.121. The van der Waals surface area contributed by atoms with Gasteiger partial charge >= 0.3 is 0 Å². The minimum atomic E-state index is -0.268. The van der Waals surface area contributed by atoms with Gasteiger partial charge in [0.15, 0.2) is 0 Å². The summed E-state index contributed by atoms with van der Waals surface area (Å²) in [4.78, 5) is 0. The Kier molecular flexibility index (Phi) is 2.71. The van der Waals surface area contributed by atoms with Gasteiger partial charge in [-0.15, -0.1) is 0 Å². The molecule has 0 atom stereocenters. The summed E-state index contributed by atoms with van der Waals surface area (Å²) in [6, 6.07) is 16.1. The van der Waals surface area contributed by atoms with E-state index in [1.807, 2.05) is 37.3 Å². The molecular weight excluding hydrogens is 239 g/mol. The Labute approximate surface area is 110 Å². The van der Waals surface area contributed by atoms with Gasteiger partial charge in [0, 0.05) is 5.56 Å². The van der Waals surface area contributed by atoms with E-state index in [9.17, 15) is 9.50 Å². The average molecular weight is 252 g/mol. The van der Waals surface area contributed by atoms with Crippen LogP contribution in [0.1, 0.15) is 5.56 Å². The molecule has 3 aromatic rings. The number of phenolic OH excluding ortho intramolecular Hbond substituents is 1. The first-order valence-electron chi connectivity index (χ1n) is 6.13. The van der Waals surface area contributed by atoms with Crippen LogP contribution in [-0.2, 0) is 0 Å². The van der Waals surface area contributed by atoms with Crippen molar-refractivity contribution < 1.29 is 9.50 Å². The zero-order valence-corrected chi connectivity index (χ0v) is 10.5. The second-order valence-corrected chi connectivity index (χ2v) is 4.70. The van der Waals surface area contributed by atoms with E-state index in [2.05, 4.69) is 0 Å². The van der Waals surface area contributed by atoms with Crippen LogP contribution in [0.3, 0.4) is 0 Å². The topological polar surface area (TPSA) is 20.2 Å². The molecule has 94 valence electrons. The molecule has 0 aliphatic carbocycles. The Morgan fingerprint density at radius 1 is 0.895 bits per heavy atom. The van der Waals surface area contributed by atoms with Gasteiger partial charge in [0.1, 0.15) is 11.6 Å². The van der Waals surface area contributed by atoms with E-state index >= 15 is 0 Å². The Balaban J connectivity index is 2.35. The molecule has 0 spiro atoms. The van der Waals surface area contributed by atoms with Crippen LogP contribution in [-0.4, -0.2) is 5.11 Å². The summed E-state index contributed by atoms with van der Waals surface area (Å²) in [5, 5.41) is 11.6. The average Bonchev–Trinajstić information content (AvgIpc) is 2.38. The summed E-state index contributed by atoms with van der Waals surface area (Å²) in [7, 11) is 0. The molecular formula is C17H13FO. The van der Waals surface area contributed by atoms with Gasteiger partial charge in [-0.2, -0.15) is 0 Å². The number of fused-ring (bicyclic) bond motifs is 1. The van der Waals surface area contributed by atoms with Crippen molar-refractivity contribution in [2.24, 2.45) is 0 Å². The van der Waals surface area contributed by atoms with E-state index in [0.29, 0.717) is 11.1 Å². The third-order valence-electron chi connectivity index (χ3n) is 3.26. The molecule has 0 amide bonds. The van der Waals surface area contributed by atoms with Gasteiger partial charge in [-0.3, -0.25) is 0 Å². The van der Waals surface area contributed by atoms with E-state index in [-0.39, 0.29) is 11.6 Å². The van der Waals surface area contributed by atoms with Crippen LogP contribution in [0.15, 0.2) is 54.6 Å². The molecule has 0 bridgehead atoms. The predicted octanol–water partition coefficient (Wildman–Crippen LogP) is 4.66. The van der Waals surface area contributed by atoms with Crippen LogP contribution < -0.4 is 0 Å². The lowest BCUT2D eigenvalue weighted by Crippen LogP contribution is -1.87. The monoisotopic (exact) mass is 252 g/mol. The largest absolute Gasteiger partial charge is 0.508 e. The molecule has 2 heteroatoms. The van der Waals surface area contributed by atoms with Crippen LogP contribution in [0.4, 0.5) is 4.39 Å². The van der Waals surface area contributed by atoms with E-state index in [1.165, 1.54) is 6.07 Å². The predicted molar refractivity (Wildman–Crippen MR) is 75.7 cm³/mol. The lowest BCUT2D eigenvalue weighted by atomic mass is 9.97. The molecule has 0 saturated heterocycles. The summed E-state index contributed by atoms with van der Waals surface area (Å²) in [5.41, 5.74) is 2.11. The van der Waals surface area contributed by atoms with Gasteiger partial charge in [-0.1, -0.05) is 36.4 Å². The molecule has 0 heterocycles. The van der Waals surface area contributed by atoms with Gasteiger partial charge < -0.3 is 5.11 Å². The van der Waals surface area contributed by atoms with Crippen molar-refractivity contribution in [2.75, 3.05) is 0 Å². The fraction of sp³-hybridized carbons (Fsp3) is 0.0588. The zero-order chi connectivity index (χ0) is 13.4. The molecule has 1 nitrogen and oxygen atoms in total. The molecule has 3 aromatic carbocycles. The molecule has 19 heavy (non-hydrogen) atoms. The summed E-state index contributed by atoms with van der Waals surface area (Å²) < 4.78 is 14.1. The Morgan fingerprint density at radius 2 is 1.68 bits per heavy atom. The molecule has 0 radical (unpaired) electrons. The smallest absolute Gasteiger partial charge is 0.131 e. The molecule has 0 aromatic heterocycles. The fourth-order valence-corrected chi connectivity index (χ4v) is 2.36. The normalized spacial score (nSPS) is 10.8. The Morgan fingerprint density at radius 3 is 2.47 bits per heavy atom. The highest BCUT2D eigenvalue weighted by atomic mass is 19.1. The maximum absolute atomic E-state index is 14.1. The molecule has 3 rings (SSSR count). The molecule has 0 aliphatic rings. The van der Waals surface area contributed by atoms with Crippen LogP contribution >= 0.6 is 0 Å². The van der Waals surface area contributed by atoms with E-state index in [0.717, 1.165) is 16.3 Å². The molecule has 0 fully saturated rings. The third kappa shape index (κ3) is 2.06. The number of benzene rings is 3. The van der Waals surface area contributed by atoms with Crippen molar-refractivity contribution in [1.29, 1.82) is 0 Å². The SMILES string of the molecule is Cc1ccc(-c2cc(O)cc3ccccc23)c(F)c1. The second-order valence-electron chi connectivity index (χ2n) is 4.70. The highest BCUT2D eigenvalue weighted by Gasteiger charge is 2.10. The highest BCUT2D eigenvalue weighted by Crippen LogP contribution is 2.34. The number of hydrogen-bond acceptors (Lipinski definition) is 1. The summed E-state index contributed by atoms with van der Waals surface area (Å²) in [6.07, 6.45) is 0. The highest BCUT2D eigenvalue weighted by molar-refractivity contribution is 5.97. The van der Waals surface area contributed by atoms with Gasteiger partial charge in [-0.25, -0.2) is 4.39 Å². The maximum atomic E-state index is 14.1. The van der Waals surface area contributed by atoms with E-state index in [4.69, 9.17) is 0 Å².